The van der Waals surface area contributed by atoms with Gasteiger partial charge in [-0.2, -0.15) is 0 Å². The first-order valence-electron chi connectivity index (χ1n) is 5.06. The van der Waals surface area contributed by atoms with Gasteiger partial charge in [0, 0.05) is 9.35 Å². The summed E-state index contributed by atoms with van der Waals surface area (Å²) >= 11 is 2.23. The highest BCUT2D eigenvalue weighted by Gasteiger charge is 2.44. The Kier molecular flexibility index (Phi) is 3.48. The molecular formula is C10H12INO4. The average Bonchev–Trinajstić information content (AvgIpc) is 2.85. The summed E-state index contributed by atoms with van der Waals surface area (Å²) in [4.78, 5) is 10.1. The molecule has 0 spiro atoms. The summed E-state index contributed by atoms with van der Waals surface area (Å²) in [5.74, 6) is 0.771. The molecule has 1 aromatic rings. The van der Waals surface area contributed by atoms with Crippen LogP contribution in [0.25, 0.3) is 0 Å². The van der Waals surface area contributed by atoms with E-state index in [1.165, 1.54) is 0 Å². The van der Waals surface area contributed by atoms with E-state index in [-0.39, 0.29) is 17.6 Å². The molecule has 2 rings (SSSR count). The topological polar surface area (TPSA) is 65.5 Å². The van der Waals surface area contributed by atoms with Crippen molar-refractivity contribution < 1.29 is 14.1 Å². The lowest BCUT2D eigenvalue weighted by Gasteiger charge is -2.24. The zero-order valence-corrected chi connectivity index (χ0v) is 10.8. The van der Waals surface area contributed by atoms with Gasteiger partial charge in [-0.15, -0.1) is 0 Å². The van der Waals surface area contributed by atoms with Gasteiger partial charge in [-0.25, -0.2) is 0 Å². The highest BCUT2D eigenvalue weighted by Crippen LogP contribution is 2.41. The second kappa shape index (κ2) is 4.70. The van der Waals surface area contributed by atoms with Crippen LogP contribution in [0.3, 0.4) is 0 Å². The molecule has 16 heavy (non-hydrogen) atoms. The first-order valence-corrected chi connectivity index (χ1v) is 6.58. The van der Waals surface area contributed by atoms with Crippen molar-refractivity contribution in [2.24, 2.45) is 0 Å². The zero-order valence-electron chi connectivity index (χ0n) is 8.60. The Bertz CT molecular complexity index is 367. The van der Waals surface area contributed by atoms with Gasteiger partial charge in [0.05, 0.1) is 6.26 Å². The van der Waals surface area contributed by atoms with Crippen LogP contribution in [0.4, 0.5) is 0 Å². The van der Waals surface area contributed by atoms with Crippen molar-refractivity contribution in [2.45, 2.75) is 24.5 Å². The van der Waals surface area contributed by atoms with Crippen molar-refractivity contribution in [2.75, 3.05) is 11.0 Å². The molecule has 2 atom stereocenters. The molecule has 0 saturated carbocycles. The number of ether oxygens (including phenoxy) is 1. The van der Waals surface area contributed by atoms with Gasteiger partial charge in [0.25, 0.3) is 0 Å². The minimum Gasteiger partial charge on any atom is -0.466 e. The van der Waals surface area contributed by atoms with E-state index in [1.807, 2.05) is 12.1 Å². The van der Waals surface area contributed by atoms with Gasteiger partial charge in [0.1, 0.15) is 17.5 Å². The molecule has 2 unspecified atom stereocenters. The molecule has 1 aliphatic heterocycles. The van der Waals surface area contributed by atoms with E-state index in [4.69, 9.17) is 9.15 Å². The zero-order chi connectivity index (χ0) is 11.6. The smallest absolute Gasteiger partial charge is 0.229 e. The molecule has 1 fully saturated rings. The maximum Gasteiger partial charge on any atom is 0.229 e. The van der Waals surface area contributed by atoms with Gasteiger partial charge in [0.15, 0.2) is 0 Å². The molecule has 1 aliphatic rings. The lowest BCUT2D eigenvalue weighted by molar-refractivity contribution is -0.491. The number of furan rings is 1. The summed E-state index contributed by atoms with van der Waals surface area (Å²) < 4.78 is 11.9. The van der Waals surface area contributed by atoms with E-state index in [2.05, 4.69) is 22.6 Å². The van der Waals surface area contributed by atoms with Crippen molar-refractivity contribution in [3.05, 3.63) is 34.3 Å². The second-order valence-electron chi connectivity index (χ2n) is 3.90. The Morgan fingerprint density at radius 1 is 1.69 bits per heavy atom. The molecule has 0 N–H and O–H groups in total. The minimum atomic E-state index is -0.468. The maximum absolute atomic E-state index is 10.4. The predicted octanol–water partition coefficient (Wildman–Crippen LogP) is 2.37. The lowest BCUT2D eigenvalue weighted by Crippen LogP contribution is -2.30. The molecule has 0 amide bonds. The summed E-state index contributed by atoms with van der Waals surface area (Å²) in [7, 11) is 0. The van der Waals surface area contributed by atoms with E-state index in [9.17, 15) is 10.1 Å². The number of halogens is 1. The number of hydrogen-bond acceptors (Lipinski definition) is 4. The van der Waals surface area contributed by atoms with Crippen molar-refractivity contribution in [1.82, 2.24) is 0 Å². The SMILES string of the molecule is O=[N+]([O-])CC1CCC(CI)(c2ccco2)O1. The first-order chi connectivity index (χ1) is 7.66. The largest absolute Gasteiger partial charge is 0.466 e. The Morgan fingerprint density at radius 2 is 2.50 bits per heavy atom. The first kappa shape index (κ1) is 11.8. The number of hydrogen-bond donors (Lipinski definition) is 0. The van der Waals surface area contributed by atoms with Gasteiger partial charge < -0.3 is 9.15 Å². The molecule has 0 aromatic carbocycles. The van der Waals surface area contributed by atoms with Crippen LogP contribution in [-0.4, -0.2) is 22.0 Å². The van der Waals surface area contributed by atoms with E-state index < -0.39 is 5.60 Å². The normalized spacial score (nSPS) is 29.4. The summed E-state index contributed by atoms with van der Waals surface area (Å²) in [6.07, 6.45) is 2.80. The highest BCUT2D eigenvalue weighted by atomic mass is 127. The van der Waals surface area contributed by atoms with E-state index >= 15 is 0 Å². The van der Waals surface area contributed by atoms with E-state index in [0.29, 0.717) is 6.42 Å². The Balaban J connectivity index is 2.11. The monoisotopic (exact) mass is 337 g/mol. The number of rotatable bonds is 4. The highest BCUT2D eigenvalue weighted by molar-refractivity contribution is 14.1. The fourth-order valence-corrected chi connectivity index (χ4v) is 2.95. The van der Waals surface area contributed by atoms with Crippen LogP contribution in [0.15, 0.2) is 22.8 Å². The second-order valence-corrected chi connectivity index (χ2v) is 4.66. The summed E-state index contributed by atoms with van der Waals surface area (Å²) in [6, 6.07) is 3.68. The Labute approximate surface area is 106 Å². The summed E-state index contributed by atoms with van der Waals surface area (Å²) in [6.45, 7) is -0.126. The van der Waals surface area contributed by atoms with Crippen LogP contribution >= 0.6 is 22.6 Å². The lowest BCUT2D eigenvalue weighted by atomic mass is 9.99. The van der Waals surface area contributed by atoms with Crippen LogP contribution in [0.2, 0.25) is 0 Å². The molecule has 0 bridgehead atoms. The molecule has 88 valence electrons. The van der Waals surface area contributed by atoms with Crippen LogP contribution in [-0.2, 0) is 10.3 Å². The van der Waals surface area contributed by atoms with Gasteiger partial charge in [-0.3, -0.25) is 10.1 Å². The predicted molar refractivity (Wildman–Crippen MR) is 65.2 cm³/mol. The molecule has 5 nitrogen and oxygen atoms in total. The standard InChI is InChI=1S/C10H12INO4/c11-7-10(9-2-1-5-15-9)4-3-8(16-10)6-12(13)14/h1-2,5,8H,3-4,6-7H2. The van der Waals surface area contributed by atoms with Gasteiger partial charge in [0.2, 0.25) is 6.54 Å². The number of nitro groups is 1. The van der Waals surface area contributed by atoms with Crippen LogP contribution in [0, 0.1) is 10.1 Å². The minimum absolute atomic E-state index is 0.126. The average molecular weight is 337 g/mol. The van der Waals surface area contributed by atoms with Crippen LogP contribution < -0.4 is 0 Å². The third kappa shape index (κ3) is 2.22. The molecule has 1 aromatic heterocycles. The Morgan fingerprint density at radius 3 is 3.06 bits per heavy atom. The van der Waals surface area contributed by atoms with E-state index in [1.54, 1.807) is 6.26 Å². The summed E-state index contributed by atoms with van der Waals surface area (Å²) in [5, 5.41) is 10.4. The fourth-order valence-electron chi connectivity index (χ4n) is 2.01. The van der Waals surface area contributed by atoms with E-state index in [0.717, 1.165) is 16.6 Å². The van der Waals surface area contributed by atoms with Crippen molar-refractivity contribution in [1.29, 1.82) is 0 Å². The fraction of sp³-hybridized carbons (Fsp3) is 0.600. The molecule has 1 saturated heterocycles. The third-order valence-electron chi connectivity index (χ3n) is 2.80. The van der Waals surface area contributed by atoms with Crippen molar-refractivity contribution in [3.8, 4) is 0 Å². The number of alkyl halides is 1. The van der Waals surface area contributed by atoms with Crippen molar-refractivity contribution in [3.63, 3.8) is 0 Å². The van der Waals surface area contributed by atoms with Gasteiger partial charge in [-0.1, -0.05) is 22.6 Å². The molecule has 2 heterocycles. The van der Waals surface area contributed by atoms with Gasteiger partial charge in [-0.05, 0) is 25.0 Å². The molecule has 0 radical (unpaired) electrons. The van der Waals surface area contributed by atoms with Crippen molar-refractivity contribution >= 4 is 22.6 Å². The van der Waals surface area contributed by atoms with Crippen LogP contribution in [0.1, 0.15) is 18.6 Å². The van der Waals surface area contributed by atoms with Gasteiger partial charge >= 0.3 is 0 Å². The molecular weight excluding hydrogens is 325 g/mol. The Hall–Kier alpha value is -0.630. The summed E-state index contributed by atoms with van der Waals surface area (Å²) in [5.41, 5.74) is -0.468. The maximum atomic E-state index is 10.4. The third-order valence-corrected chi connectivity index (χ3v) is 4.03. The quantitative estimate of drug-likeness (QED) is 0.366. The number of nitrogens with zero attached hydrogens (tertiary/aromatic N) is 1. The van der Waals surface area contributed by atoms with Crippen LogP contribution in [0.5, 0.6) is 0 Å². The molecule has 6 heteroatoms. The molecule has 0 aliphatic carbocycles.